The van der Waals surface area contributed by atoms with Crippen LogP contribution in [0, 0.1) is 0 Å². The van der Waals surface area contributed by atoms with Gasteiger partial charge >= 0.3 is 12.1 Å². The van der Waals surface area contributed by atoms with Gasteiger partial charge in [-0.15, -0.1) is 0 Å². The summed E-state index contributed by atoms with van der Waals surface area (Å²) in [7, 11) is 0. The highest BCUT2D eigenvalue weighted by Crippen LogP contribution is 2.28. The average Bonchev–Trinajstić information content (AvgIpc) is 3.12. The average molecular weight is 369 g/mol. The van der Waals surface area contributed by atoms with Crippen LogP contribution in [0.15, 0.2) is 36.5 Å². The van der Waals surface area contributed by atoms with Crippen molar-refractivity contribution >= 4 is 11.9 Å². The Labute approximate surface area is 145 Å². The van der Waals surface area contributed by atoms with Crippen molar-refractivity contribution in [3.05, 3.63) is 47.8 Å². The number of carboxylic acid groups (broad SMARTS) is 1. The van der Waals surface area contributed by atoms with Gasteiger partial charge in [0.1, 0.15) is 0 Å². The third kappa shape index (κ3) is 3.69. The van der Waals surface area contributed by atoms with E-state index in [2.05, 4.69) is 5.10 Å². The van der Waals surface area contributed by atoms with Gasteiger partial charge in [0.05, 0.1) is 18.8 Å². The SMILES string of the molecule is O=C(O)[C@H]1CN(C(=O)c2cccc(-n3ccc(C(F)(F)F)n3)c2)CCO1. The van der Waals surface area contributed by atoms with Crippen LogP contribution in [0.2, 0.25) is 0 Å². The highest BCUT2D eigenvalue weighted by atomic mass is 19.4. The van der Waals surface area contributed by atoms with E-state index in [1.807, 2.05) is 0 Å². The minimum absolute atomic E-state index is 0.0937. The first-order valence-electron chi connectivity index (χ1n) is 7.62. The van der Waals surface area contributed by atoms with Crippen LogP contribution in [-0.2, 0) is 15.7 Å². The quantitative estimate of drug-likeness (QED) is 0.892. The van der Waals surface area contributed by atoms with Gasteiger partial charge in [-0.25, -0.2) is 9.48 Å². The Balaban J connectivity index is 1.82. The zero-order valence-electron chi connectivity index (χ0n) is 13.3. The molecule has 2 aromatic rings. The Morgan fingerprint density at radius 1 is 1.27 bits per heavy atom. The van der Waals surface area contributed by atoms with Crippen LogP contribution in [0.3, 0.4) is 0 Å². The molecule has 0 bridgehead atoms. The van der Waals surface area contributed by atoms with Gasteiger partial charge in [0.2, 0.25) is 0 Å². The van der Waals surface area contributed by atoms with Crippen molar-refractivity contribution < 1.29 is 32.6 Å². The number of nitrogens with zero attached hydrogens (tertiary/aromatic N) is 3. The number of carboxylic acids is 1. The van der Waals surface area contributed by atoms with Gasteiger partial charge in [-0.2, -0.15) is 18.3 Å². The summed E-state index contributed by atoms with van der Waals surface area (Å²) < 4.78 is 44.1. The molecule has 1 aromatic heterocycles. The lowest BCUT2D eigenvalue weighted by atomic mass is 10.1. The fourth-order valence-corrected chi connectivity index (χ4v) is 2.57. The Hall–Kier alpha value is -2.88. The van der Waals surface area contributed by atoms with Gasteiger partial charge in [-0.1, -0.05) is 6.07 Å². The molecule has 1 aliphatic rings. The predicted molar refractivity (Wildman–Crippen MR) is 81.8 cm³/mol. The van der Waals surface area contributed by atoms with Crippen LogP contribution in [0.25, 0.3) is 5.69 Å². The van der Waals surface area contributed by atoms with Crippen LogP contribution in [0.1, 0.15) is 16.1 Å². The normalized spacial score (nSPS) is 18.0. The van der Waals surface area contributed by atoms with Crippen molar-refractivity contribution in [3.63, 3.8) is 0 Å². The Kier molecular flexibility index (Phi) is 4.68. The van der Waals surface area contributed by atoms with Crippen LogP contribution in [0.4, 0.5) is 13.2 Å². The molecule has 1 N–H and O–H groups in total. The molecular weight excluding hydrogens is 355 g/mol. The highest BCUT2D eigenvalue weighted by Gasteiger charge is 2.34. The molecule has 1 fully saturated rings. The molecule has 26 heavy (non-hydrogen) atoms. The third-order valence-corrected chi connectivity index (χ3v) is 3.87. The second-order valence-electron chi connectivity index (χ2n) is 5.64. The molecule has 1 amide bonds. The summed E-state index contributed by atoms with van der Waals surface area (Å²) in [6.45, 7) is 0.224. The molecule has 2 heterocycles. The van der Waals surface area contributed by atoms with Gasteiger partial charge in [0.15, 0.2) is 11.8 Å². The summed E-state index contributed by atoms with van der Waals surface area (Å²) in [5.41, 5.74) is -0.529. The number of alkyl halides is 3. The molecule has 0 saturated carbocycles. The van der Waals surface area contributed by atoms with E-state index in [-0.39, 0.29) is 30.9 Å². The van der Waals surface area contributed by atoms with Gasteiger partial charge in [0.25, 0.3) is 5.91 Å². The molecule has 0 radical (unpaired) electrons. The molecule has 1 aliphatic heterocycles. The second-order valence-corrected chi connectivity index (χ2v) is 5.64. The lowest BCUT2D eigenvalue weighted by Gasteiger charge is -2.31. The topological polar surface area (TPSA) is 84.7 Å². The van der Waals surface area contributed by atoms with Crippen molar-refractivity contribution in [2.24, 2.45) is 0 Å². The van der Waals surface area contributed by atoms with Crippen LogP contribution in [-0.4, -0.2) is 57.5 Å². The first-order chi connectivity index (χ1) is 12.3. The summed E-state index contributed by atoms with van der Waals surface area (Å²) in [6, 6.07) is 6.79. The summed E-state index contributed by atoms with van der Waals surface area (Å²) in [4.78, 5) is 24.9. The summed E-state index contributed by atoms with van der Waals surface area (Å²) in [6.07, 6.45) is -4.50. The number of carbonyl (C=O) groups excluding carboxylic acids is 1. The molecule has 0 spiro atoms. The Morgan fingerprint density at radius 2 is 2.04 bits per heavy atom. The summed E-state index contributed by atoms with van der Waals surface area (Å²) in [5.74, 6) is -1.59. The molecule has 0 aliphatic carbocycles. The van der Waals surface area contributed by atoms with Crippen molar-refractivity contribution in [2.45, 2.75) is 12.3 Å². The summed E-state index contributed by atoms with van der Waals surface area (Å²) in [5, 5.41) is 12.5. The lowest BCUT2D eigenvalue weighted by Crippen LogP contribution is -2.48. The maximum absolute atomic E-state index is 12.7. The van der Waals surface area contributed by atoms with Crippen molar-refractivity contribution in [1.82, 2.24) is 14.7 Å². The number of hydrogen-bond donors (Lipinski definition) is 1. The van der Waals surface area contributed by atoms with Crippen LogP contribution in [0.5, 0.6) is 0 Å². The molecule has 1 saturated heterocycles. The standard InChI is InChI=1S/C16H14F3N3O4/c17-16(18,19)13-4-5-22(20-13)11-3-1-2-10(8-11)14(23)21-6-7-26-12(9-21)15(24)25/h1-5,8,12H,6-7,9H2,(H,24,25)/t12-/m1/s1. The Morgan fingerprint density at radius 3 is 2.69 bits per heavy atom. The number of rotatable bonds is 3. The van der Waals surface area contributed by atoms with Gasteiger partial charge in [0, 0.05) is 18.3 Å². The van der Waals surface area contributed by atoms with E-state index < -0.39 is 29.9 Å². The molecule has 1 atom stereocenters. The number of halogens is 3. The highest BCUT2D eigenvalue weighted by molar-refractivity contribution is 5.95. The van der Waals surface area contributed by atoms with Crippen molar-refractivity contribution in [3.8, 4) is 5.69 Å². The third-order valence-electron chi connectivity index (χ3n) is 3.87. The molecular formula is C16H14F3N3O4. The number of benzene rings is 1. The zero-order chi connectivity index (χ0) is 18.9. The lowest BCUT2D eigenvalue weighted by molar-refractivity contribution is -0.154. The minimum atomic E-state index is -4.56. The first kappa shape index (κ1) is 17.9. The number of hydrogen-bond acceptors (Lipinski definition) is 4. The number of ether oxygens (including phenoxy) is 1. The van der Waals surface area contributed by atoms with Gasteiger partial charge in [-0.3, -0.25) is 4.79 Å². The van der Waals surface area contributed by atoms with Crippen molar-refractivity contribution in [2.75, 3.05) is 19.7 Å². The molecule has 0 unspecified atom stereocenters. The predicted octanol–water partition coefficient (Wildman–Crippen LogP) is 1.82. The summed E-state index contributed by atoms with van der Waals surface area (Å²) >= 11 is 0. The maximum atomic E-state index is 12.7. The molecule has 138 valence electrons. The number of morpholine rings is 1. The van der Waals surface area contributed by atoms with E-state index in [1.54, 1.807) is 0 Å². The van der Waals surface area contributed by atoms with E-state index in [1.165, 1.54) is 29.2 Å². The number of aromatic nitrogens is 2. The van der Waals surface area contributed by atoms with E-state index in [0.29, 0.717) is 0 Å². The van der Waals surface area contributed by atoms with E-state index in [4.69, 9.17) is 9.84 Å². The second kappa shape index (κ2) is 6.79. The molecule has 3 rings (SSSR count). The maximum Gasteiger partial charge on any atom is 0.435 e. The number of carbonyl (C=O) groups is 2. The molecule has 10 heteroatoms. The fourth-order valence-electron chi connectivity index (χ4n) is 2.57. The Bertz CT molecular complexity index is 834. The largest absolute Gasteiger partial charge is 0.479 e. The minimum Gasteiger partial charge on any atom is -0.479 e. The number of amides is 1. The van der Waals surface area contributed by atoms with Gasteiger partial charge in [-0.05, 0) is 24.3 Å². The van der Waals surface area contributed by atoms with Crippen molar-refractivity contribution in [1.29, 1.82) is 0 Å². The van der Waals surface area contributed by atoms with Crippen LogP contribution >= 0.6 is 0 Å². The molecule has 1 aromatic carbocycles. The smallest absolute Gasteiger partial charge is 0.435 e. The fraction of sp³-hybridized carbons (Fsp3) is 0.312. The van der Waals surface area contributed by atoms with E-state index in [9.17, 15) is 22.8 Å². The first-order valence-corrected chi connectivity index (χ1v) is 7.62. The zero-order valence-corrected chi connectivity index (χ0v) is 13.3. The monoisotopic (exact) mass is 369 g/mol. The van der Waals surface area contributed by atoms with E-state index in [0.717, 1.165) is 16.9 Å². The van der Waals surface area contributed by atoms with Gasteiger partial charge < -0.3 is 14.7 Å². The van der Waals surface area contributed by atoms with E-state index >= 15 is 0 Å². The number of aliphatic carboxylic acids is 1. The van der Waals surface area contributed by atoms with Crippen LogP contribution < -0.4 is 0 Å². The molecule has 7 nitrogen and oxygen atoms in total.